The fourth-order valence-corrected chi connectivity index (χ4v) is 4.01. The van der Waals surface area contributed by atoms with E-state index in [0.717, 1.165) is 18.8 Å². The summed E-state index contributed by atoms with van der Waals surface area (Å²) in [6.07, 6.45) is 13.6. The topological polar surface area (TPSA) is 88.2 Å². The molecule has 3 rings (SSSR count). The summed E-state index contributed by atoms with van der Waals surface area (Å²) in [5.41, 5.74) is 0. The molecule has 25 heavy (non-hydrogen) atoms. The second-order valence-corrected chi connectivity index (χ2v) is 7.79. The molecule has 0 aromatic carbocycles. The average Bonchev–Trinajstić information content (AvgIpc) is 3.02. The molecule has 2 aliphatic rings. The van der Waals surface area contributed by atoms with Crippen molar-refractivity contribution in [2.24, 2.45) is 5.92 Å². The minimum absolute atomic E-state index is 0.0718. The number of rotatable bonds is 10. The first-order chi connectivity index (χ1) is 12.2. The maximum Gasteiger partial charge on any atom is 0.304 e. The van der Waals surface area contributed by atoms with Gasteiger partial charge in [0.25, 0.3) is 0 Å². The van der Waals surface area contributed by atoms with Crippen LogP contribution in [0.15, 0.2) is 4.52 Å². The zero-order chi connectivity index (χ0) is 17.5. The summed E-state index contributed by atoms with van der Waals surface area (Å²) in [5.74, 6) is 1.01. The summed E-state index contributed by atoms with van der Waals surface area (Å²) in [4.78, 5) is 15.7. The lowest BCUT2D eigenvalue weighted by Crippen LogP contribution is -2.34. The van der Waals surface area contributed by atoms with E-state index in [1.807, 2.05) is 0 Å². The molecule has 1 heterocycles. The molecule has 0 amide bonds. The molecule has 1 aromatic heterocycles. The highest BCUT2D eigenvalue weighted by Gasteiger charge is 2.24. The van der Waals surface area contributed by atoms with E-state index in [9.17, 15) is 9.90 Å². The summed E-state index contributed by atoms with van der Waals surface area (Å²) in [5, 5.41) is 16.7. The zero-order valence-electron chi connectivity index (χ0n) is 15.1. The van der Waals surface area contributed by atoms with Gasteiger partial charge >= 0.3 is 5.97 Å². The van der Waals surface area contributed by atoms with Crippen molar-refractivity contribution in [2.75, 3.05) is 0 Å². The number of aromatic nitrogens is 2. The molecule has 1 atom stereocenters. The maximum atomic E-state index is 11.2. The van der Waals surface area contributed by atoms with Crippen LogP contribution in [-0.4, -0.2) is 27.3 Å². The summed E-state index contributed by atoms with van der Waals surface area (Å²) in [6.45, 7) is 0.607. The quantitative estimate of drug-likeness (QED) is 0.663. The Hall–Kier alpha value is -1.43. The van der Waals surface area contributed by atoms with Crippen molar-refractivity contribution in [3.63, 3.8) is 0 Å². The van der Waals surface area contributed by atoms with Crippen LogP contribution in [-0.2, 0) is 11.3 Å². The van der Waals surface area contributed by atoms with E-state index in [4.69, 9.17) is 4.52 Å². The van der Waals surface area contributed by atoms with Gasteiger partial charge in [0, 0.05) is 12.0 Å². The number of carbonyl (C=O) groups is 1. The van der Waals surface area contributed by atoms with Gasteiger partial charge in [-0.3, -0.25) is 4.79 Å². The zero-order valence-corrected chi connectivity index (χ0v) is 15.1. The fraction of sp³-hybridized carbons (Fsp3) is 0.842. The van der Waals surface area contributed by atoms with Gasteiger partial charge in [-0.15, -0.1) is 0 Å². The van der Waals surface area contributed by atoms with E-state index in [0.29, 0.717) is 24.3 Å². The second-order valence-electron chi connectivity index (χ2n) is 7.79. The molecule has 2 saturated carbocycles. The number of hydrogen-bond donors (Lipinski definition) is 2. The molecular weight excluding hydrogens is 318 g/mol. The number of nitrogens with zero attached hydrogens (tertiary/aromatic N) is 2. The molecule has 2 aliphatic carbocycles. The number of nitrogens with one attached hydrogen (secondary N) is 1. The second kappa shape index (κ2) is 9.32. The van der Waals surface area contributed by atoms with Crippen molar-refractivity contribution < 1.29 is 14.4 Å². The summed E-state index contributed by atoms with van der Waals surface area (Å²) >= 11 is 0. The van der Waals surface area contributed by atoms with Crippen LogP contribution in [0.25, 0.3) is 0 Å². The van der Waals surface area contributed by atoms with Crippen LogP contribution < -0.4 is 5.32 Å². The highest BCUT2D eigenvalue weighted by atomic mass is 16.5. The van der Waals surface area contributed by atoms with Crippen molar-refractivity contribution in [1.29, 1.82) is 0 Å². The van der Waals surface area contributed by atoms with Gasteiger partial charge in [-0.1, -0.05) is 56.5 Å². The van der Waals surface area contributed by atoms with Crippen molar-refractivity contribution in [3.05, 3.63) is 11.7 Å². The first-order valence-electron chi connectivity index (χ1n) is 9.98. The third-order valence-corrected chi connectivity index (χ3v) is 5.80. The van der Waals surface area contributed by atoms with Crippen LogP contribution in [0.3, 0.4) is 0 Å². The third-order valence-electron chi connectivity index (χ3n) is 5.80. The van der Waals surface area contributed by atoms with Gasteiger partial charge in [0.2, 0.25) is 5.89 Å². The molecule has 0 bridgehead atoms. The maximum absolute atomic E-state index is 11.2. The predicted molar refractivity (Wildman–Crippen MR) is 94.2 cm³/mol. The van der Waals surface area contributed by atoms with E-state index < -0.39 is 5.97 Å². The molecule has 140 valence electrons. The lowest BCUT2D eigenvalue weighted by Gasteiger charge is -2.25. The minimum atomic E-state index is -0.796. The van der Waals surface area contributed by atoms with Crippen LogP contribution in [0.1, 0.15) is 94.7 Å². The molecule has 0 radical (unpaired) electrons. The number of hydrogen-bond acceptors (Lipinski definition) is 5. The SMILES string of the molecule is O=C(O)CC(CCCC1CCCCC1)c1nc(CNC2CCC2)no1. The molecule has 0 aliphatic heterocycles. The Bertz CT molecular complexity index is 536. The first-order valence-corrected chi connectivity index (χ1v) is 9.98. The van der Waals surface area contributed by atoms with Crippen molar-refractivity contribution in [1.82, 2.24) is 15.5 Å². The van der Waals surface area contributed by atoms with Crippen molar-refractivity contribution in [2.45, 2.75) is 95.6 Å². The Labute approximate surface area is 149 Å². The van der Waals surface area contributed by atoms with Gasteiger partial charge in [0.1, 0.15) is 0 Å². The molecule has 0 spiro atoms. The van der Waals surface area contributed by atoms with E-state index in [2.05, 4.69) is 15.5 Å². The predicted octanol–water partition coefficient (Wildman–Crippen LogP) is 4.02. The Balaban J connectivity index is 1.48. The Morgan fingerprint density at radius 1 is 1.20 bits per heavy atom. The summed E-state index contributed by atoms with van der Waals surface area (Å²) in [6, 6.07) is 0.576. The smallest absolute Gasteiger partial charge is 0.304 e. The number of aliphatic carboxylic acids is 1. The lowest BCUT2D eigenvalue weighted by atomic mass is 9.84. The Kier molecular flexibility index (Phi) is 6.84. The van der Waals surface area contributed by atoms with Crippen LogP contribution in [0.4, 0.5) is 0 Å². The molecule has 2 fully saturated rings. The monoisotopic (exact) mass is 349 g/mol. The molecular formula is C19H31N3O3. The van der Waals surface area contributed by atoms with E-state index in [1.54, 1.807) is 0 Å². The molecule has 2 N–H and O–H groups in total. The molecule has 6 nitrogen and oxygen atoms in total. The first kappa shape index (κ1) is 18.4. The van der Waals surface area contributed by atoms with Gasteiger partial charge in [-0.2, -0.15) is 4.98 Å². The van der Waals surface area contributed by atoms with Crippen LogP contribution in [0.2, 0.25) is 0 Å². The summed E-state index contributed by atoms with van der Waals surface area (Å²) < 4.78 is 5.39. The standard InChI is InChI=1S/C19H31N3O3/c23-18(24)12-15(9-4-8-14-6-2-1-3-7-14)19-21-17(22-25-19)13-20-16-10-5-11-16/h14-16,20H,1-13H2,(H,23,24). The molecule has 6 heteroatoms. The normalized spacial score (nSPS) is 20.3. The van der Waals surface area contributed by atoms with E-state index in [1.165, 1.54) is 57.8 Å². The van der Waals surface area contributed by atoms with Gasteiger partial charge < -0.3 is 14.9 Å². The highest BCUT2D eigenvalue weighted by molar-refractivity contribution is 5.67. The summed E-state index contributed by atoms with van der Waals surface area (Å²) in [7, 11) is 0. The van der Waals surface area contributed by atoms with E-state index in [-0.39, 0.29) is 12.3 Å². The van der Waals surface area contributed by atoms with Crippen LogP contribution >= 0.6 is 0 Å². The molecule has 0 saturated heterocycles. The molecule has 1 aromatic rings. The Morgan fingerprint density at radius 2 is 2.00 bits per heavy atom. The van der Waals surface area contributed by atoms with Crippen molar-refractivity contribution >= 4 is 5.97 Å². The van der Waals surface area contributed by atoms with Gasteiger partial charge in [0.15, 0.2) is 5.82 Å². The molecule has 1 unspecified atom stereocenters. The third kappa shape index (κ3) is 5.80. The van der Waals surface area contributed by atoms with Gasteiger partial charge in [-0.25, -0.2) is 0 Å². The Morgan fingerprint density at radius 3 is 2.68 bits per heavy atom. The largest absolute Gasteiger partial charge is 0.481 e. The van der Waals surface area contributed by atoms with Crippen LogP contribution in [0.5, 0.6) is 0 Å². The average molecular weight is 349 g/mol. The van der Waals surface area contributed by atoms with Gasteiger partial charge in [-0.05, 0) is 25.2 Å². The highest BCUT2D eigenvalue weighted by Crippen LogP contribution is 2.31. The van der Waals surface area contributed by atoms with Crippen LogP contribution in [0, 0.1) is 5.92 Å². The van der Waals surface area contributed by atoms with Crippen molar-refractivity contribution in [3.8, 4) is 0 Å². The van der Waals surface area contributed by atoms with E-state index >= 15 is 0 Å². The minimum Gasteiger partial charge on any atom is -0.481 e. The lowest BCUT2D eigenvalue weighted by molar-refractivity contribution is -0.137. The number of carboxylic acids is 1. The number of carboxylic acid groups (broad SMARTS) is 1. The fourth-order valence-electron chi connectivity index (χ4n) is 4.01. The van der Waals surface area contributed by atoms with Gasteiger partial charge in [0.05, 0.1) is 13.0 Å².